The zero-order chi connectivity index (χ0) is 26.4. The van der Waals surface area contributed by atoms with Crippen molar-refractivity contribution in [2.75, 3.05) is 19.0 Å². The maximum atomic E-state index is 13.5. The summed E-state index contributed by atoms with van der Waals surface area (Å²) in [5, 5.41) is 14.1. The number of carbonyl (C=O) groups excluding carboxylic acids is 1. The minimum atomic E-state index is 0.0671. The van der Waals surface area contributed by atoms with Crippen molar-refractivity contribution in [1.82, 2.24) is 35.2 Å². The van der Waals surface area contributed by atoms with Crippen LogP contribution >= 0.6 is 0 Å². The van der Waals surface area contributed by atoms with Crippen molar-refractivity contribution < 1.29 is 9.53 Å². The first-order valence-corrected chi connectivity index (χ1v) is 13.0. The van der Waals surface area contributed by atoms with E-state index < -0.39 is 0 Å². The molecule has 4 heterocycles. The molecule has 1 fully saturated rings. The van der Waals surface area contributed by atoms with Crippen molar-refractivity contribution in [2.45, 2.75) is 58.8 Å². The van der Waals surface area contributed by atoms with E-state index in [2.05, 4.69) is 37.5 Å². The molecule has 196 valence electrons. The predicted octanol–water partition coefficient (Wildman–Crippen LogP) is 4.13. The van der Waals surface area contributed by atoms with Crippen LogP contribution in [0, 0.1) is 13.8 Å². The minimum Gasteiger partial charge on any atom is -0.497 e. The summed E-state index contributed by atoms with van der Waals surface area (Å²) in [5.41, 5.74) is 7.43. The molecule has 38 heavy (non-hydrogen) atoms. The minimum absolute atomic E-state index is 0.0671. The van der Waals surface area contributed by atoms with E-state index in [1.807, 2.05) is 55.3 Å². The number of amides is 1. The highest BCUT2D eigenvalue weighted by molar-refractivity contribution is 5.99. The highest BCUT2D eigenvalue weighted by Gasteiger charge is 2.35. The Morgan fingerprint density at radius 1 is 1.16 bits per heavy atom. The number of nitrogens with zero attached hydrogens (tertiary/aromatic N) is 6. The number of nitrogens with one attached hydrogen (secondary N) is 2. The summed E-state index contributed by atoms with van der Waals surface area (Å²) in [7, 11) is 1.67. The number of fused-ring (bicyclic) bond motifs is 2. The number of likely N-dealkylation sites (tertiary alicyclic amines) is 1. The Balaban J connectivity index is 1.11. The van der Waals surface area contributed by atoms with Gasteiger partial charge >= 0.3 is 0 Å². The molecule has 0 spiro atoms. The Labute approximate surface area is 221 Å². The monoisotopic (exact) mass is 512 g/mol. The Morgan fingerprint density at radius 3 is 2.84 bits per heavy atom. The first-order chi connectivity index (χ1) is 18.4. The molecule has 0 aliphatic carbocycles. The number of hydrogen-bond donors (Lipinski definition) is 2. The van der Waals surface area contributed by atoms with Crippen LogP contribution in [0.15, 0.2) is 36.5 Å². The Kier molecular flexibility index (Phi) is 6.19. The molecule has 0 bridgehead atoms. The average molecular weight is 513 g/mol. The van der Waals surface area contributed by atoms with Crippen LogP contribution in [0.2, 0.25) is 0 Å². The third-order valence-corrected chi connectivity index (χ3v) is 7.75. The van der Waals surface area contributed by atoms with Crippen LogP contribution in [0.25, 0.3) is 11.0 Å². The van der Waals surface area contributed by atoms with E-state index in [1.54, 1.807) is 7.11 Å². The fourth-order valence-electron chi connectivity index (χ4n) is 5.73. The van der Waals surface area contributed by atoms with E-state index in [-0.39, 0.29) is 11.9 Å². The van der Waals surface area contributed by atoms with Crippen LogP contribution in [-0.4, -0.2) is 66.8 Å². The molecule has 2 aliphatic heterocycles. The van der Waals surface area contributed by atoms with Gasteiger partial charge in [-0.3, -0.25) is 14.8 Å². The summed E-state index contributed by atoms with van der Waals surface area (Å²) in [6.45, 7) is 8.49. The molecule has 6 rings (SSSR count). The van der Waals surface area contributed by atoms with E-state index in [0.717, 1.165) is 66.3 Å². The molecule has 10 heteroatoms. The van der Waals surface area contributed by atoms with Gasteiger partial charge < -0.3 is 15.0 Å². The number of H-pyrrole nitrogens is 1. The highest BCUT2D eigenvalue weighted by atomic mass is 16.5. The molecule has 4 aromatic rings. The number of rotatable bonds is 5. The molecule has 2 aromatic carbocycles. The Morgan fingerprint density at radius 2 is 2.03 bits per heavy atom. The van der Waals surface area contributed by atoms with Crippen molar-refractivity contribution in [3.05, 3.63) is 64.5 Å². The van der Waals surface area contributed by atoms with Crippen LogP contribution in [-0.2, 0) is 13.1 Å². The van der Waals surface area contributed by atoms with Gasteiger partial charge in [0.15, 0.2) is 0 Å². The first kappa shape index (κ1) is 24.3. The first-order valence-electron chi connectivity index (χ1n) is 13.0. The third-order valence-electron chi connectivity index (χ3n) is 7.75. The smallest absolute Gasteiger partial charge is 0.254 e. The maximum absolute atomic E-state index is 13.5. The van der Waals surface area contributed by atoms with Crippen molar-refractivity contribution in [3.8, 4) is 5.75 Å². The van der Waals surface area contributed by atoms with Crippen LogP contribution in [0.4, 0.5) is 11.6 Å². The summed E-state index contributed by atoms with van der Waals surface area (Å²) in [6.07, 6.45) is 3.78. The molecule has 2 atom stereocenters. The maximum Gasteiger partial charge on any atom is 0.254 e. The fourth-order valence-corrected chi connectivity index (χ4v) is 5.73. The summed E-state index contributed by atoms with van der Waals surface area (Å²) in [6, 6.07) is 10.3. The van der Waals surface area contributed by atoms with Gasteiger partial charge in [-0.1, -0.05) is 5.21 Å². The highest BCUT2D eigenvalue weighted by Crippen LogP contribution is 2.31. The van der Waals surface area contributed by atoms with Gasteiger partial charge in [0.25, 0.3) is 5.91 Å². The number of methoxy groups -OCH3 is 1. The van der Waals surface area contributed by atoms with Crippen molar-refractivity contribution >= 4 is 28.6 Å². The number of anilines is 2. The zero-order valence-electron chi connectivity index (χ0n) is 22.2. The number of benzene rings is 2. The molecule has 1 saturated heterocycles. The number of piperidine rings is 1. The van der Waals surface area contributed by atoms with E-state index >= 15 is 0 Å². The zero-order valence-corrected chi connectivity index (χ0v) is 22.2. The topological polar surface area (TPSA) is 112 Å². The predicted molar refractivity (Wildman–Crippen MR) is 144 cm³/mol. The number of ether oxygens (including phenoxy) is 1. The normalized spacial score (nSPS) is 19.5. The molecular formula is C28H32N8O2. The van der Waals surface area contributed by atoms with Gasteiger partial charge in [0.05, 0.1) is 18.3 Å². The van der Waals surface area contributed by atoms with E-state index in [4.69, 9.17) is 9.72 Å². The Bertz CT molecular complexity index is 1520. The molecule has 0 radical (unpaired) electrons. The van der Waals surface area contributed by atoms with Crippen LogP contribution < -0.4 is 10.1 Å². The van der Waals surface area contributed by atoms with Gasteiger partial charge in [-0.05, 0) is 69.0 Å². The summed E-state index contributed by atoms with van der Waals surface area (Å²) in [4.78, 5) is 27.3. The standard InChI is InChI=1S/C28H32N8O2/c1-16-7-20(11-22(8-16)38-4)30-28-29-13-19-14-35(15-26(19)31-28)21-5-6-36(18(3)10-21)27(37)23-12-25-24(9-17(23)2)32-34-33-25/h7-9,11-13,18,21H,5-6,10,14-15H2,1-4H3,(H,29,30,31)(H,32,33,34)/t18-,21+/m1/s1. The molecule has 1 amide bonds. The molecule has 10 nitrogen and oxygen atoms in total. The summed E-state index contributed by atoms with van der Waals surface area (Å²) >= 11 is 0. The second-order valence-corrected chi connectivity index (χ2v) is 10.5. The van der Waals surface area contributed by atoms with Gasteiger partial charge in [0, 0.05) is 60.8 Å². The van der Waals surface area contributed by atoms with E-state index in [1.165, 1.54) is 5.56 Å². The van der Waals surface area contributed by atoms with Gasteiger partial charge in [0.1, 0.15) is 11.3 Å². The molecule has 2 aromatic heterocycles. The van der Waals surface area contributed by atoms with Gasteiger partial charge in [-0.25, -0.2) is 9.97 Å². The molecule has 0 unspecified atom stereocenters. The van der Waals surface area contributed by atoms with Crippen molar-refractivity contribution in [2.24, 2.45) is 0 Å². The van der Waals surface area contributed by atoms with Crippen molar-refractivity contribution in [3.63, 3.8) is 0 Å². The number of carbonyl (C=O) groups is 1. The molecule has 2 N–H and O–H groups in total. The van der Waals surface area contributed by atoms with E-state index in [9.17, 15) is 4.79 Å². The molecule has 0 saturated carbocycles. The Hall–Kier alpha value is -4.05. The number of hydrogen-bond acceptors (Lipinski definition) is 8. The fraction of sp³-hybridized carbons (Fsp3) is 0.393. The second kappa shape index (κ2) is 9.68. The van der Waals surface area contributed by atoms with Crippen LogP contribution in [0.5, 0.6) is 5.75 Å². The van der Waals surface area contributed by atoms with Crippen LogP contribution in [0.1, 0.15) is 52.5 Å². The lowest BCUT2D eigenvalue weighted by Crippen LogP contribution is -2.50. The number of aromatic amines is 1. The van der Waals surface area contributed by atoms with Gasteiger partial charge in [0.2, 0.25) is 5.95 Å². The van der Waals surface area contributed by atoms with Gasteiger partial charge in [-0.15, -0.1) is 5.10 Å². The van der Waals surface area contributed by atoms with Crippen LogP contribution in [0.3, 0.4) is 0 Å². The lowest BCUT2D eigenvalue weighted by Gasteiger charge is -2.41. The summed E-state index contributed by atoms with van der Waals surface area (Å²) < 4.78 is 5.39. The van der Waals surface area contributed by atoms with Gasteiger partial charge in [-0.2, -0.15) is 0 Å². The number of aromatic nitrogens is 5. The number of aryl methyl sites for hydroxylation is 2. The SMILES string of the molecule is COc1cc(C)cc(Nc2ncc3c(n2)CN([C@H]2CCN(C(=O)c4cc5nn[nH]c5cc4C)[C@H](C)C2)C3)c1. The van der Waals surface area contributed by atoms with E-state index in [0.29, 0.717) is 23.1 Å². The average Bonchev–Trinajstić information content (AvgIpc) is 3.53. The second-order valence-electron chi connectivity index (χ2n) is 10.5. The molecular weight excluding hydrogens is 480 g/mol. The lowest BCUT2D eigenvalue weighted by atomic mass is 9.95. The summed E-state index contributed by atoms with van der Waals surface area (Å²) in [5.74, 6) is 1.46. The lowest BCUT2D eigenvalue weighted by molar-refractivity contribution is 0.0460. The molecule has 2 aliphatic rings. The largest absolute Gasteiger partial charge is 0.497 e. The third kappa shape index (κ3) is 4.56. The van der Waals surface area contributed by atoms with Crippen molar-refractivity contribution in [1.29, 1.82) is 0 Å². The quantitative estimate of drug-likeness (QED) is 0.411.